The van der Waals surface area contributed by atoms with Gasteiger partial charge >= 0.3 is 0 Å². The molecule has 2 aromatic heterocycles. The van der Waals surface area contributed by atoms with Gasteiger partial charge in [0.1, 0.15) is 11.3 Å². The number of β-amino-alcohol motifs (C(OH)–C–C–N with tert-alkyl or cyclic N) is 1. The van der Waals surface area contributed by atoms with Gasteiger partial charge in [-0.2, -0.15) is 5.10 Å². The fraction of sp³-hybridized carbons (Fsp3) is 0.333. The summed E-state index contributed by atoms with van der Waals surface area (Å²) in [6.45, 7) is 2.73. The van der Waals surface area contributed by atoms with Crippen LogP contribution in [0.4, 0.5) is 0 Å². The second-order valence-corrected chi connectivity index (χ2v) is 6.63. The Morgan fingerprint density at radius 2 is 2.25 bits per heavy atom. The molecule has 6 heteroatoms. The first-order chi connectivity index (χ1) is 11.5. The highest BCUT2D eigenvalue weighted by Crippen LogP contribution is 2.30. The van der Waals surface area contributed by atoms with Crippen molar-refractivity contribution in [3.05, 3.63) is 42.1 Å². The van der Waals surface area contributed by atoms with E-state index in [1.54, 1.807) is 11.8 Å². The largest absolute Gasteiger partial charge is 0.454 e. The minimum absolute atomic E-state index is 0.140. The highest BCUT2D eigenvalue weighted by atomic mass is 16.3. The van der Waals surface area contributed by atoms with Crippen molar-refractivity contribution in [1.29, 1.82) is 0 Å². The maximum atomic E-state index is 12.9. The van der Waals surface area contributed by atoms with E-state index in [1.165, 1.54) is 6.20 Å². The van der Waals surface area contributed by atoms with Crippen molar-refractivity contribution in [1.82, 2.24) is 15.1 Å². The number of nitrogens with one attached hydrogen (secondary N) is 1. The Hall–Kier alpha value is -2.60. The number of piperidine rings is 1. The Bertz CT molecular complexity index is 861. The quantitative estimate of drug-likeness (QED) is 0.759. The first-order valence-electron chi connectivity index (χ1n) is 8.07. The summed E-state index contributed by atoms with van der Waals surface area (Å²) in [5.41, 5.74) is 0.964. The van der Waals surface area contributed by atoms with Gasteiger partial charge in [0.15, 0.2) is 5.76 Å². The molecule has 6 nitrogen and oxygen atoms in total. The maximum absolute atomic E-state index is 12.9. The molecule has 1 aromatic carbocycles. The summed E-state index contributed by atoms with van der Waals surface area (Å²) in [5, 5.41) is 18.1. The number of furan rings is 1. The summed E-state index contributed by atoms with van der Waals surface area (Å²) in [7, 11) is 0. The van der Waals surface area contributed by atoms with Crippen molar-refractivity contribution in [2.24, 2.45) is 0 Å². The second-order valence-electron chi connectivity index (χ2n) is 6.63. The van der Waals surface area contributed by atoms with Gasteiger partial charge in [-0.3, -0.25) is 9.89 Å². The summed E-state index contributed by atoms with van der Waals surface area (Å²) in [6.07, 6.45) is 3.02. The lowest BCUT2D eigenvalue weighted by Gasteiger charge is -2.36. The van der Waals surface area contributed by atoms with E-state index in [0.29, 0.717) is 36.5 Å². The monoisotopic (exact) mass is 325 g/mol. The molecule has 3 aromatic rings. The summed E-state index contributed by atoms with van der Waals surface area (Å²) >= 11 is 0. The zero-order valence-electron chi connectivity index (χ0n) is 13.5. The SMILES string of the molecule is CC1(O)CCCN(C(=O)c2cn[nH]c2-c2cc3ccccc3o2)C1. The normalized spacial score (nSPS) is 21.3. The third kappa shape index (κ3) is 2.59. The third-order valence-corrected chi connectivity index (χ3v) is 4.50. The van der Waals surface area contributed by atoms with Crippen LogP contribution in [0.2, 0.25) is 0 Å². The molecule has 1 fully saturated rings. The molecule has 4 rings (SSSR count). The number of H-pyrrole nitrogens is 1. The molecule has 24 heavy (non-hydrogen) atoms. The number of hydrogen-bond acceptors (Lipinski definition) is 4. The fourth-order valence-corrected chi connectivity index (χ4v) is 3.30. The van der Waals surface area contributed by atoms with E-state index >= 15 is 0 Å². The van der Waals surface area contributed by atoms with E-state index in [9.17, 15) is 9.90 Å². The van der Waals surface area contributed by atoms with E-state index in [4.69, 9.17) is 4.42 Å². The van der Waals surface area contributed by atoms with Crippen LogP contribution >= 0.6 is 0 Å². The van der Waals surface area contributed by atoms with Crippen molar-refractivity contribution in [3.8, 4) is 11.5 Å². The molecule has 0 radical (unpaired) electrons. The summed E-state index contributed by atoms with van der Waals surface area (Å²) in [6, 6.07) is 9.59. The number of aromatic amines is 1. The van der Waals surface area contributed by atoms with Gasteiger partial charge in [-0.15, -0.1) is 0 Å². The number of benzene rings is 1. The van der Waals surface area contributed by atoms with Crippen molar-refractivity contribution in [2.75, 3.05) is 13.1 Å². The number of aliphatic hydroxyl groups is 1. The molecule has 1 unspecified atom stereocenters. The molecule has 3 heterocycles. The van der Waals surface area contributed by atoms with Crippen LogP contribution in [0, 0.1) is 0 Å². The zero-order valence-corrected chi connectivity index (χ0v) is 13.5. The molecule has 0 aliphatic carbocycles. The molecule has 0 saturated carbocycles. The van der Waals surface area contributed by atoms with Gasteiger partial charge in [0.25, 0.3) is 5.91 Å². The number of carbonyl (C=O) groups is 1. The van der Waals surface area contributed by atoms with Gasteiger partial charge in [-0.25, -0.2) is 0 Å². The van der Waals surface area contributed by atoms with Crippen LogP contribution in [-0.2, 0) is 0 Å². The van der Waals surface area contributed by atoms with Crippen LogP contribution in [0.1, 0.15) is 30.1 Å². The Kier molecular flexibility index (Phi) is 3.42. The van der Waals surface area contributed by atoms with Crippen LogP contribution in [0.3, 0.4) is 0 Å². The number of rotatable bonds is 2. The second kappa shape index (κ2) is 5.49. The van der Waals surface area contributed by atoms with E-state index < -0.39 is 5.60 Å². The molecule has 1 saturated heterocycles. The molecule has 1 atom stereocenters. The molecule has 0 bridgehead atoms. The predicted octanol–water partition coefficient (Wildman–Crippen LogP) is 2.81. The topological polar surface area (TPSA) is 82.4 Å². The lowest BCUT2D eigenvalue weighted by molar-refractivity contribution is -0.0107. The van der Waals surface area contributed by atoms with Gasteiger partial charge in [0, 0.05) is 18.5 Å². The molecule has 124 valence electrons. The van der Waals surface area contributed by atoms with Gasteiger partial charge < -0.3 is 14.4 Å². The van der Waals surface area contributed by atoms with Crippen LogP contribution in [0.25, 0.3) is 22.4 Å². The molecule has 1 aliphatic rings. The Morgan fingerprint density at radius 3 is 3.04 bits per heavy atom. The van der Waals surface area contributed by atoms with E-state index in [1.807, 2.05) is 30.3 Å². The average Bonchev–Trinajstić information content (AvgIpc) is 3.19. The van der Waals surface area contributed by atoms with Gasteiger partial charge in [0.05, 0.1) is 17.4 Å². The third-order valence-electron chi connectivity index (χ3n) is 4.50. The highest BCUT2D eigenvalue weighted by molar-refractivity contribution is 6.00. The fourth-order valence-electron chi connectivity index (χ4n) is 3.30. The number of carbonyl (C=O) groups excluding carboxylic acids is 1. The molecule has 1 aliphatic heterocycles. The summed E-state index contributed by atoms with van der Waals surface area (Å²) in [4.78, 5) is 14.6. The number of hydrogen-bond donors (Lipinski definition) is 2. The average molecular weight is 325 g/mol. The molecule has 1 amide bonds. The van der Waals surface area contributed by atoms with E-state index in [0.717, 1.165) is 17.4 Å². The number of likely N-dealkylation sites (tertiary alicyclic amines) is 1. The number of amides is 1. The van der Waals surface area contributed by atoms with Crippen molar-refractivity contribution >= 4 is 16.9 Å². The summed E-state index contributed by atoms with van der Waals surface area (Å²) < 4.78 is 5.84. The van der Waals surface area contributed by atoms with Crippen LogP contribution in [0.5, 0.6) is 0 Å². The number of fused-ring (bicyclic) bond motifs is 1. The van der Waals surface area contributed by atoms with Crippen LogP contribution in [0.15, 0.2) is 40.9 Å². The zero-order chi connectivity index (χ0) is 16.7. The minimum atomic E-state index is -0.836. The van der Waals surface area contributed by atoms with E-state index in [-0.39, 0.29) is 5.91 Å². The molecular weight excluding hydrogens is 306 g/mol. The number of aromatic nitrogens is 2. The Balaban J connectivity index is 1.68. The van der Waals surface area contributed by atoms with E-state index in [2.05, 4.69) is 10.2 Å². The Labute approximate surface area is 139 Å². The minimum Gasteiger partial charge on any atom is -0.454 e. The van der Waals surface area contributed by atoms with Crippen LogP contribution < -0.4 is 0 Å². The summed E-state index contributed by atoms with van der Waals surface area (Å²) in [5.74, 6) is 0.444. The van der Waals surface area contributed by atoms with Crippen LogP contribution in [-0.4, -0.2) is 44.8 Å². The van der Waals surface area contributed by atoms with Crippen molar-refractivity contribution < 1.29 is 14.3 Å². The van der Waals surface area contributed by atoms with Crippen molar-refractivity contribution in [2.45, 2.75) is 25.4 Å². The van der Waals surface area contributed by atoms with Crippen molar-refractivity contribution in [3.63, 3.8) is 0 Å². The number of para-hydroxylation sites is 1. The molecule has 0 spiro atoms. The maximum Gasteiger partial charge on any atom is 0.257 e. The van der Waals surface area contributed by atoms with Gasteiger partial charge in [-0.1, -0.05) is 18.2 Å². The highest BCUT2D eigenvalue weighted by Gasteiger charge is 2.33. The standard InChI is InChI=1S/C18H19N3O3/c1-18(23)7-4-8-21(11-18)17(22)13-10-19-20-16(13)15-9-12-5-2-3-6-14(12)24-15/h2-3,5-6,9-10,23H,4,7-8,11H2,1H3,(H,19,20). The lowest BCUT2D eigenvalue weighted by Crippen LogP contribution is -2.48. The van der Waals surface area contributed by atoms with Gasteiger partial charge in [-0.05, 0) is 31.9 Å². The smallest absolute Gasteiger partial charge is 0.257 e. The Morgan fingerprint density at radius 1 is 1.42 bits per heavy atom. The first-order valence-corrected chi connectivity index (χ1v) is 8.07. The van der Waals surface area contributed by atoms with Gasteiger partial charge in [0.2, 0.25) is 0 Å². The lowest BCUT2D eigenvalue weighted by atomic mass is 9.94. The first kappa shape index (κ1) is 15.0. The molecule has 2 N–H and O–H groups in total. The predicted molar refractivity (Wildman–Crippen MR) is 89.6 cm³/mol. The molecular formula is C18H19N3O3. The number of nitrogens with zero attached hydrogens (tertiary/aromatic N) is 2.